The molecule has 0 bridgehead atoms. The molecule has 1 aliphatic heterocycles. The van der Waals surface area contributed by atoms with Crippen LogP contribution in [0.1, 0.15) is 39.3 Å². The van der Waals surface area contributed by atoms with Crippen LogP contribution >= 0.6 is 0 Å². The van der Waals surface area contributed by atoms with E-state index in [2.05, 4.69) is 0 Å². The number of carbonyl (C=O) groups excluding carboxylic acids is 1. The van der Waals surface area contributed by atoms with E-state index in [0.717, 1.165) is 5.56 Å². The molecule has 0 aliphatic carbocycles. The number of carboxylic acid groups (broad SMARTS) is 1. The molecule has 5 heteroatoms. The molecular formula is C19H19NO4. The fourth-order valence-electron chi connectivity index (χ4n) is 2.83. The molecule has 124 valence electrons. The molecule has 0 spiro atoms. The summed E-state index contributed by atoms with van der Waals surface area (Å²) in [7, 11) is 0. The Labute approximate surface area is 140 Å². The maximum absolute atomic E-state index is 12.8. The van der Waals surface area contributed by atoms with Gasteiger partial charge in [0, 0.05) is 5.56 Å². The van der Waals surface area contributed by atoms with Crippen molar-refractivity contribution in [3.05, 3.63) is 71.3 Å². The minimum Gasteiger partial charge on any atom is -0.478 e. The van der Waals surface area contributed by atoms with E-state index in [4.69, 9.17) is 9.84 Å². The predicted molar refractivity (Wildman–Crippen MR) is 89.0 cm³/mol. The average molecular weight is 325 g/mol. The van der Waals surface area contributed by atoms with E-state index >= 15 is 0 Å². The van der Waals surface area contributed by atoms with Gasteiger partial charge in [-0.15, -0.1) is 0 Å². The summed E-state index contributed by atoms with van der Waals surface area (Å²) in [6.07, 6.45) is -0.148. The number of morpholine rings is 1. The Morgan fingerprint density at radius 3 is 2.29 bits per heavy atom. The van der Waals surface area contributed by atoms with Crippen molar-refractivity contribution in [3.8, 4) is 0 Å². The summed E-state index contributed by atoms with van der Waals surface area (Å²) in [5.41, 5.74) is 1.70. The number of aromatic carboxylic acids is 1. The number of amides is 1. The summed E-state index contributed by atoms with van der Waals surface area (Å²) < 4.78 is 5.87. The topological polar surface area (TPSA) is 66.8 Å². The van der Waals surface area contributed by atoms with Crippen molar-refractivity contribution in [2.45, 2.75) is 19.1 Å². The zero-order valence-electron chi connectivity index (χ0n) is 13.4. The summed E-state index contributed by atoms with van der Waals surface area (Å²) in [6, 6.07) is 15.8. The van der Waals surface area contributed by atoms with Gasteiger partial charge in [-0.2, -0.15) is 0 Å². The first-order chi connectivity index (χ1) is 11.6. The van der Waals surface area contributed by atoms with E-state index in [1.54, 1.807) is 17.0 Å². The maximum Gasteiger partial charge on any atom is 0.335 e. The normalized spacial score (nSPS) is 20.6. The molecule has 0 aromatic heterocycles. The molecule has 1 fully saturated rings. The number of ether oxygens (including phenoxy) is 1. The van der Waals surface area contributed by atoms with Gasteiger partial charge < -0.3 is 14.7 Å². The first kappa shape index (κ1) is 16.2. The summed E-state index contributed by atoms with van der Waals surface area (Å²) in [6.45, 7) is 2.90. The Hall–Kier alpha value is -2.66. The van der Waals surface area contributed by atoms with Crippen LogP contribution in [0.5, 0.6) is 0 Å². The highest BCUT2D eigenvalue weighted by Gasteiger charge is 2.31. The monoisotopic (exact) mass is 325 g/mol. The molecule has 3 rings (SSSR count). The van der Waals surface area contributed by atoms with Crippen molar-refractivity contribution < 1.29 is 19.4 Å². The van der Waals surface area contributed by atoms with Crippen LogP contribution in [0.4, 0.5) is 0 Å². The lowest BCUT2D eigenvalue weighted by Crippen LogP contribution is -2.48. The van der Waals surface area contributed by atoms with Crippen LogP contribution in [0.15, 0.2) is 54.6 Å². The standard InChI is InChI=1S/C19H19NO4/c1-13-12-24-17(14-5-3-2-4-6-14)11-20(13)18(21)15-7-9-16(10-8-15)19(22)23/h2-10,13,17H,11-12H2,1H3,(H,22,23)/t13-,17-/m1/s1. The number of benzene rings is 2. The van der Waals surface area contributed by atoms with Gasteiger partial charge in [0.25, 0.3) is 5.91 Å². The highest BCUT2D eigenvalue weighted by molar-refractivity contribution is 5.96. The SMILES string of the molecule is C[C@@H]1CO[C@@H](c2ccccc2)CN1C(=O)c1ccc(C(=O)O)cc1. The lowest BCUT2D eigenvalue weighted by atomic mass is 10.0. The third kappa shape index (κ3) is 3.31. The minimum atomic E-state index is -1.00. The van der Waals surface area contributed by atoms with Gasteiger partial charge in [0.2, 0.25) is 0 Å². The molecule has 5 nitrogen and oxygen atoms in total. The third-order valence-electron chi connectivity index (χ3n) is 4.24. The molecule has 1 saturated heterocycles. The van der Waals surface area contributed by atoms with Crippen molar-refractivity contribution in [3.63, 3.8) is 0 Å². The quantitative estimate of drug-likeness (QED) is 0.942. The maximum atomic E-state index is 12.8. The molecular weight excluding hydrogens is 306 g/mol. The Balaban J connectivity index is 1.78. The van der Waals surface area contributed by atoms with E-state index in [1.165, 1.54) is 12.1 Å². The van der Waals surface area contributed by atoms with Crippen molar-refractivity contribution in [1.29, 1.82) is 0 Å². The Kier molecular flexibility index (Phi) is 4.62. The Morgan fingerprint density at radius 1 is 1.04 bits per heavy atom. The van der Waals surface area contributed by atoms with Gasteiger partial charge in [-0.1, -0.05) is 30.3 Å². The summed E-state index contributed by atoms with van der Waals surface area (Å²) in [5, 5.41) is 8.95. The zero-order valence-corrected chi connectivity index (χ0v) is 13.4. The molecule has 1 heterocycles. The highest BCUT2D eigenvalue weighted by atomic mass is 16.5. The van der Waals surface area contributed by atoms with Crippen LogP contribution in [0.2, 0.25) is 0 Å². The molecule has 1 amide bonds. The fraction of sp³-hybridized carbons (Fsp3) is 0.263. The number of nitrogens with zero attached hydrogens (tertiary/aromatic N) is 1. The predicted octanol–water partition coefficient (Wildman–Crippen LogP) is 2.99. The van der Waals surface area contributed by atoms with Gasteiger partial charge in [0.1, 0.15) is 6.10 Å². The molecule has 24 heavy (non-hydrogen) atoms. The van der Waals surface area contributed by atoms with E-state index in [0.29, 0.717) is 18.7 Å². The Morgan fingerprint density at radius 2 is 1.67 bits per heavy atom. The highest BCUT2D eigenvalue weighted by Crippen LogP contribution is 2.26. The van der Waals surface area contributed by atoms with Crippen molar-refractivity contribution >= 4 is 11.9 Å². The van der Waals surface area contributed by atoms with Crippen LogP contribution in [0.3, 0.4) is 0 Å². The van der Waals surface area contributed by atoms with Crippen LogP contribution in [-0.4, -0.2) is 41.1 Å². The largest absolute Gasteiger partial charge is 0.478 e. The van der Waals surface area contributed by atoms with Crippen LogP contribution < -0.4 is 0 Å². The zero-order chi connectivity index (χ0) is 17.1. The average Bonchev–Trinajstić information content (AvgIpc) is 2.62. The minimum absolute atomic E-state index is 0.0309. The van der Waals surface area contributed by atoms with Gasteiger partial charge in [-0.05, 0) is 36.8 Å². The summed E-state index contributed by atoms with van der Waals surface area (Å²) >= 11 is 0. The van der Waals surface area contributed by atoms with E-state index < -0.39 is 5.97 Å². The van der Waals surface area contributed by atoms with Crippen LogP contribution in [-0.2, 0) is 4.74 Å². The number of carbonyl (C=O) groups is 2. The summed E-state index contributed by atoms with van der Waals surface area (Å²) in [4.78, 5) is 25.5. The van der Waals surface area contributed by atoms with Crippen LogP contribution in [0.25, 0.3) is 0 Å². The first-order valence-electron chi connectivity index (χ1n) is 7.87. The molecule has 0 saturated carbocycles. The number of carboxylic acids is 1. The van der Waals surface area contributed by atoms with E-state index in [1.807, 2.05) is 37.3 Å². The summed E-state index contributed by atoms with van der Waals surface area (Å²) in [5.74, 6) is -1.11. The second-order valence-corrected chi connectivity index (χ2v) is 5.92. The lowest BCUT2D eigenvalue weighted by Gasteiger charge is -2.38. The lowest BCUT2D eigenvalue weighted by molar-refractivity contribution is -0.0486. The van der Waals surface area contributed by atoms with Crippen molar-refractivity contribution in [2.75, 3.05) is 13.2 Å². The molecule has 0 unspecified atom stereocenters. The Bertz CT molecular complexity index is 727. The van der Waals surface area contributed by atoms with Crippen LogP contribution in [0, 0.1) is 0 Å². The molecule has 1 aliphatic rings. The molecule has 2 aromatic rings. The van der Waals surface area contributed by atoms with Gasteiger partial charge in [-0.25, -0.2) is 4.79 Å². The van der Waals surface area contributed by atoms with Gasteiger partial charge >= 0.3 is 5.97 Å². The fourth-order valence-corrected chi connectivity index (χ4v) is 2.83. The van der Waals surface area contributed by atoms with Gasteiger partial charge in [0.15, 0.2) is 0 Å². The second kappa shape index (κ2) is 6.84. The molecule has 2 atom stereocenters. The van der Waals surface area contributed by atoms with Gasteiger partial charge in [0.05, 0.1) is 24.8 Å². The number of hydrogen-bond acceptors (Lipinski definition) is 3. The smallest absolute Gasteiger partial charge is 0.335 e. The molecule has 0 radical (unpaired) electrons. The molecule has 1 N–H and O–H groups in total. The number of rotatable bonds is 3. The third-order valence-corrected chi connectivity index (χ3v) is 4.24. The van der Waals surface area contributed by atoms with E-state index in [9.17, 15) is 9.59 Å². The second-order valence-electron chi connectivity index (χ2n) is 5.92. The van der Waals surface area contributed by atoms with E-state index in [-0.39, 0.29) is 23.6 Å². The van der Waals surface area contributed by atoms with Crippen molar-refractivity contribution in [2.24, 2.45) is 0 Å². The molecule has 2 aromatic carbocycles. The first-order valence-corrected chi connectivity index (χ1v) is 7.87. The van der Waals surface area contributed by atoms with Crippen molar-refractivity contribution in [1.82, 2.24) is 4.90 Å². The van der Waals surface area contributed by atoms with Gasteiger partial charge in [-0.3, -0.25) is 4.79 Å². The number of hydrogen-bond donors (Lipinski definition) is 1.